The average molecular weight is 406 g/mol. The molecule has 0 heterocycles. The molecule has 0 aliphatic carbocycles. The van der Waals surface area contributed by atoms with Crippen molar-refractivity contribution in [3.8, 4) is 0 Å². The summed E-state index contributed by atoms with van der Waals surface area (Å²) in [6.45, 7) is 1.78. The van der Waals surface area contributed by atoms with Crippen LogP contribution in [0.3, 0.4) is 0 Å². The monoisotopic (exact) mass is 405 g/mol. The fourth-order valence-corrected chi connectivity index (χ4v) is 2.21. The predicted octanol–water partition coefficient (Wildman–Crippen LogP) is 3.85. The third-order valence-electron chi connectivity index (χ3n) is 3.32. The summed E-state index contributed by atoms with van der Waals surface area (Å²) >= 11 is 3.35. The third-order valence-corrected chi connectivity index (χ3v) is 3.85. The molecule has 130 valence electrons. The second-order valence-electron chi connectivity index (χ2n) is 5.29. The molecule has 0 atom stereocenters. The molecule has 2 rings (SSSR count). The van der Waals surface area contributed by atoms with Gasteiger partial charge in [-0.2, -0.15) is 5.10 Å². The minimum absolute atomic E-state index is 0.00411. The molecule has 2 N–H and O–H groups in total. The Morgan fingerprint density at radius 3 is 2.24 bits per heavy atom. The topological polar surface area (TPSA) is 70.6 Å². The largest absolute Gasteiger partial charge is 0.326 e. The van der Waals surface area contributed by atoms with Gasteiger partial charge in [0.1, 0.15) is 5.82 Å². The van der Waals surface area contributed by atoms with Crippen LogP contribution in [0.1, 0.15) is 25.3 Å². The first-order chi connectivity index (χ1) is 11.9. The standard InChI is InChI=1S/C18H17BrFN3O2/c1-12(13-2-4-14(19)5-3-13)22-23-18(25)11-10-17(24)21-16-8-6-15(20)7-9-16/h2-9H,10-11H2,1H3,(H,21,24)(H,23,25)/b22-12-. The second-order valence-corrected chi connectivity index (χ2v) is 6.21. The zero-order valence-corrected chi connectivity index (χ0v) is 15.1. The van der Waals surface area contributed by atoms with Gasteiger partial charge in [0, 0.05) is 23.0 Å². The Morgan fingerprint density at radius 1 is 1.00 bits per heavy atom. The number of carbonyl (C=O) groups excluding carboxylic acids is 2. The number of amides is 2. The van der Waals surface area contributed by atoms with E-state index in [4.69, 9.17) is 0 Å². The summed E-state index contributed by atoms with van der Waals surface area (Å²) in [6.07, 6.45) is 0.0141. The van der Waals surface area contributed by atoms with Gasteiger partial charge in [0.15, 0.2) is 0 Å². The molecule has 0 aliphatic rings. The molecular formula is C18H17BrFN3O2. The van der Waals surface area contributed by atoms with Gasteiger partial charge in [0.25, 0.3) is 0 Å². The number of hydrazone groups is 1. The van der Waals surface area contributed by atoms with Gasteiger partial charge < -0.3 is 5.32 Å². The highest BCUT2D eigenvalue weighted by Gasteiger charge is 2.07. The fourth-order valence-electron chi connectivity index (χ4n) is 1.94. The Kier molecular flexibility index (Phi) is 6.82. The molecule has 0 spiro atoms. The fraction of sp³-hybridized carbons (Fsp3) is 0.167. The molecule has 2 aromatic carbocycles. The molecule has 0 radical (unpaired) electrons. The Hall–Kier alpha value is -2.54. The molecule has 25 heavy (non-hydrogen) atoms. The molecule has 0 aromatic heterocycles. The lowest BCUT2D eigenvalue weighted by atomic mass is 10.1. The van der Waals surface area contributed by atoms with Crippen LogP contribution in [0.15, 0.2) is 58.1 Å². The number of nitrogens with zero attached hydrogens (tertiary/aromatic N) is 1. The number of benzene rings is 2. The first kappa shape index (κ1) is 18.8. The first-order valence-electron chi connectivity index (χ1n) is 7.58. The summed E-state index contributed by atoms with van der Waals surface area (Å²) in [7, 11) is 0. The molecule has 2 amide bonds. The summed E-state index contributed by atoms with van der Waals surface area (Å²) < 4.78 is 13.7. The van der Waals surface area contributed by atoms with Gasteiger partial charge in [0.05, 0.1) is 5.71 Å². The van der Waals surface area contributed by atoms with E-state index in [2.05, 4.69) is 31.8 Å². The highest BCUT2D eigenvalue weighted by atomic mass is 79.9. The lowest BCUT2D eigenvalue weighted by Crippen LogP contribution is -2.21. The first-order valence-corrected chi connectivity index (χ1v) is 8.38. The van der Waals surface area contributed by atoms with Crippen LogP contribution in [-0.4, -0.2) is 17.5 Å². The maximum atomic E-state index is 12.8. The van der Waals surface area contributed by atoms with Crippen molar-refractivity contribution in [1.29, 1.82) is 0 Å². The molecule has 0 saturated carbocycles. The summed E-state index contributed by atoms with van der Waals surface area (Å²) in [5.41, 5.74) is 4.46. The lowest BCUT2D eigenvalue weighted by molar-refractivity contribution is -0.124. The summed E-state index contributed by atoms with van der Waals surface area (Å²) in [6, 6.07) is 12.9. The lowest BCUT2D eigenvalue weighted by Gasteiger charge is -2.05. The van der Waals surface area contributed by atoms with Gasteiger partial charge in [-0.05, 0) is 48.9 Å². The van der Waals surface area contributed by atoms with Crippen molar-refractivity contribution in [1.82, 2.24) is 5.43 Å². The van der Waals surface area contributed by atoms with Crippen molar-refractivity contribution >= 4 is 39.1 Å². The van der Waals surface area contributed by atoms with Crippen molar-refractivity contribution in [2.45, 2.75) is 19.8 Å². The number of nitrogens with one attached hydrogen (secondary N) is 2. The van der Waals surface area contributed by atoms with Crippen LogP contribution in [-0.2, 0) is 9.59 Å². The van der Waals surface area contributed by atoms with Gasteiger partial charge >= 0.3 is 0 Å². The van der Waals surface area contributed by atoms with E-state index in [1.165, 1.54) is 24.3 Å². The molecule has 2 aromatic rings. The molecule has 0 unspecified atom stereocenters. The van der Waals surface area contributed by atoms with Crippen LogP contribution in [0.5, 0.6) is 0 Å². The van der Waals surface area contributed by atoms with Crippen LogP contribution in [0.2, 0.25) is 0 Å². The Morgan fingerprint density at radius 2 is 1.60 bits per heavy atom. The normalized spacial score (nSPS) is 11.1. The van der Waals surface area contributed by atoms with Crippen molar-refractivity contribution in [2.75, 3.05) is 5.32 Å². The van der Waals surface area contributed by atoms with Gasteiger partial charge in [-0.25, -0.2) is 9.82 Å². The van der Waals surface area contributed by atoms with E-state index in [-0.39, 0.29) is 30.5 Å². The molecule has 5 nitrogen and oxygen atoms in total. The van der Waals surface area contributed by atoms with Gasteiger partial charge in [-0.15, -0.1) is 0 Å². The Bertz CT molecular complexity index is 774. The van der Waals surface area contributed by atoms with Crippen molar-refractivity contribution in [3.63, 3.8) is 0 Å². The number of anilines is 1. The van der Waals surface area contributed by atoms with E-state index in [0.717, 1.165) is 10.0 Å². The van der Waals surface area contributed by atoms with Gasteiger partial charge in [-0.1, -0.05) is 28.1 Å². The smallest absolute Gasteiger partial charge is 0.240 e. The SMILES string of the molecule is C/C(=N/NC(=O)CCC(=O)Nc1ccc(F)cc1)c1ccc(Br)cc1. The quantitative estimate of drug-likeness (QED) is 0.565. The summed E-state index contributed by atoms with van der Waals surface area (Å²) in [5.74, 6) is -1.06. The van der Waals surface area contributed by atoms with E-state index in [1.54, 1.807) is 6.92 Å². The van der Waals surface area contributed by atoms with E-state index >= 15 is 0 Å². The molecule has 0 aliphatic heterocycles. The molecule has 7 heteroatoms. The second kappa shape index (κ2) is 9.08. The highest BCUT2D eigenvalue weighted by molar-refractivity contribution is 9.10. The minimum Gasteiger partial charge on any atom is -0.326 e. The molecule has 0 saturated heterocycles. The molecular weight excluding hydrogens is 389 g/mol. The minimum atomic E-state index is -0.378. The van der Waals surface area contributed by atoms with E-state index in [1.807, 2.05) is 24.3 Å². The number of rotatable bonds is 6. The van der Waals surface area contributed by atoms with Crippen LogP contribution < -0.4 is 10.7 Å². The number of halogens is 2. The third kappa shape index (κ3) is 6.46. The molecule has 0 bridgehead atoms. The van der Waals surface area contributed by atoms with Crippen molar-refractivity contribution < 1.29 is 14.0 Å². The number of hydrogen-bond acceptors (Lipinski definition) is 3. The zero-order valence-electron chi connectivity index (χ0n) is 13.6. The van der Waals surface area contributed by atoms with Crippen LogP contribution in [0.4, 0.5) is 10.1 Å². The summed E-state index contributed by atoms with van der Waals surface area (Å²) in [4.78, 5) is 23.5. The Labute approximate surface area is 153 Å². The summed E-state index contributed by atoms with van der Waals surface area (Å²) in [5, 5.41) is 6.62. The molecule has 0 fully saturated rings. The average Bonchev–Trinajstić information content (AvgIpc) is 2.60. The predicted molar refractivity (Wildman–Crippen MR) is 98.8 cm³/mol. The Balaban J connectivity index is 1.77. The van der Waals surface area contributed by atoms with E-state index in [0.29, 0.717) is 11.4 Å². The van der Waals surface area contributed by atoms with Crippen molar-refractivity contribution in [3.05, 3.63) is 64.4 Å². The van der Waals surface area contributed by atoms with E-state index in [9.17, 15) is 14.0 Å². The van der Waals surface area contributed by atoms with E-state index < -0.39 is 0 Å². The zero-order chi connectivity index (χ0) is 18.2. The van der Waals surface area contributed by atoms with Gasteiger partial charge in [-0.3, -0.25) is 9.59 Å². The number of hydrogen-bond donors (Lipinski definition) is 2. The highest BCUT2D eigenvalue weighted by Crippen LogP contribution is 2.11. The maximum absolute atomic E-state index is 12.8. The van der Waals surface area contributed by atoms with Crippen LogP contribution in [0, 0.1) is 5.82 Å². The maximum Gasteiger partial charge on any atom is 0.240 e. The number of carbonyl (C=O) groups is 2. The van der Waals surface area contributed by atoms with Gasteiger partial charge in [0.2, 0.25) is 11.8 Å². The van der Waals surface area contributed by atoms with Crippen molar-refractivity contribution in [2.24, 2.45) is 5.10 Å². The van der Waals surface area contributed by atoms with Crippen LogP contribution in [0.25, 0.3) is 0 Å². The van der Waals surface area contributed by atoms with Crippen LogP contribution >= 0.6 is 15.9 Å².